The van der Waals surface area contributed by atoms with Crippen molar-refractivity contribution >= 4 is 17.3 Å². The summed E-state index contributed by atoms with van der Waals surface area (Å²) in [4.78, 5) is 4.09. The first kappa shape index (κ1) is 11.9. The molecule has 0 saturated heterocycles. The lowest BCUT2D eigenvalue weighted by Gasteiger charge is -2.18. The van der Waals surface area contributed by atoms with Gasteiger partial charge in [0.2, 0.25) is 0 Å². The number of anilines is 1. The molecule has 0 saturated carbocycles. The van der Waals surface area contributed by atoms with E-state index in [4.69, 9.17) is 17.3 Å². The molecule has 0 aliphatic rings. The van der Waals surface area contributed by atoms with E-state index in [1.165, 1.54) is 0 Å². The second-order valence-electron chi connectivity index (χ2n) is 3.73. The molecule has 1 heterocycles. The summed E-state index contributed by atoms with van der Waals surface area (Å²) >= 11 is 5.84. The molecular weight excluding hydrogens is 234 g/mol. The molecule has 2 aromatic rings. The molecule has 3 nitrogen and oxygen atoms in total. The van der Waals surface area contributed by atoms with Gasteiger partial charge in [-0.25, -0.2) is 0 Å². The molecule has 3 N–H and O–H groups in total. The minimum Gasteiger partial charge on any atom is -0.377 e. The average molecular weight is 248 g/mol. The van der Waals surface area contributed by atoms with Crippen LogP contribution in [0.3, 0.4) is 0 Å². The molecule has 4 heteroatoms. The molecule has 0 bridgehead atoms. The van der Waals surface area contributed by atoms with Crippen LogP contribution in [0, 0.1) is 0 Å². The first-order valence-corrected chi connectivity index (χ1v) is 5.79. The highest BCUT2D eigenvalue weighted by molar-refractivity contribution is 6.30. The zero-order chi connectivity index (χ0) is 12.1. The Bertz CT molecular complexity index is 456. The molecule has 2 rings (SSSR count). The highest BCUT2D eigenvalue weighted by atomic mass is 35.5. The molecular formula is C13H14ClN3. The Hall–Kier alpha value is -1.58. The van der Waals surface area contributed by atoms with E-state index < -0.39 is 0 Å². The van der Waals surface area contributed by atoms with Crippen molar-refractivity contribution < 1.29 is 0 Å². The standard InChI is InChI=1S/C13H14ClN3/c14-11-3-5-12(6-4-11)17-13(8-15)10-2-1-7-16-9-10/h1-7,9,13,17H,8,15H2. The fraction of sp³-hybridized carbons (Fsp3) is 0.154. The van der Waals surface area contributed by atoms with Crippen molar-refractivity contribution in [1.82, 2.24) is 4.98 Å². The molecule has 0 radical (unpaired) electrons. The van der Waals surface area contributed by atoms with Crippen LogP contribution in [0.15, 0.2) is 48.8 Å². The molecule has 88 valence electrons. The van der Waals surface area contributed by atoms with Crippen LogP contribution >= 0.6 is 11.6 Å². The second kappa shape index (κ2) is 5.66. The summed E-state index contributed by atoms with van der Waals surface area (Å²) in [6.45, 7) is 0.508. The maximum absolute atomic E-state index is 5.84. The van der Waals surface area contributed by atoms with Crippen LogP contribution in [0.25, 0.3) is 0 Å². The molecule has 0 amide bonds. The predicted octanol–water partition coefficient (Wildman–Crippen LogP) is 2.85. The number of aromatic nitrogens is 1. The number of hydrogen-bond donors (Lipinski definition) is 2. The second-order valence-corrected chi connectivity index (χ2v) is 4.16. The van der Waals surface area contributed by atoms with Gasteiger partial charge < -0.3 is 11.1 Å². The molecule has 0 fully saturated rings. The molecule has 1 atom stereocenters. The number of benzene rings is 1. The van der Waals surface area contributed by atoms with Gasteiger partial charge in [-0.15, -0.1) is 0 Å². The normalized spacial score (nSPS) is 12.1. The minimum absolute atomic E-state index is 0.0601. The first-order valence-electron chi connectivity index (χ1n) is 5.41. The summed E-state index contributed by atoms with van der Waals surface area (Å²) in [5.41, 5.74) is 7.83. The molecule has 1 aromatic heterocycles. The fourth-order valence-electron chi connectivity index (χ4n) is 1.61. The summed E-state index contributed by atoms with van der Waals surface area (Å²) in [6.07, 6.45) is 3.57. The van der Waals surface area contributed by atoms with Gasteiger partial charge >= 0.3 is 0 Å². The monoisotopic (exact) mass is 247 g/mol. The van der Waals surface area contributed by atoms with Gasteiger partial charge in [0, 0.05) is 29.6 Å². The van der Waals surface area contributed by atoms with Gasteiger partial charge in [0.25, 0.3) is 0 Å². The lowest BCUT2D eigenvalue weighted by atomic mass is 10.1. The maximum atomic E-state index is 5.84. The molecule has 0 spiro atoms. The molecule has 1 unspecified atom stereocenters. The Morgan fingerprint density at radius 2 is 2.00 bits per heavy atom. The number of nitrogens with two attached hydrogens (primary N) is 1. The average Bonchev–Trinajstić information content (AvgIpc) is 2.39. The van der Waals surface area contributed by atoms with Crippen LogP contribution < -0.4 is 11.1 Å². The van der Waals surface area contributed by atoms with E-state index in [0.717, 1.165) is 16.3 Å². The van der Waals surface area contributed by atoms with E-state index in [1.807, 2.05) is 42.6 Å². The van der Waals surface area contributed by atoms with Crippen LogP contribution in [0.1, 0.15) is 11.6 Å². The van der Waals surface area contributed by atoms with E-state index in [9.17, 15) is 0 Å². The lowest BCUT2D eigenvalue weighted by molar-refractivity contribution is 0.785. The summed E-state index contributed by atoms with van der Waals surface area (Å²) < 4.78 is 0. The molecule has 1 aromatic carbocycles. The van der Waals surface area contributed by atoms with Crippen LogP contribution in [0.2, 0.25) is 5.02 Å². The van der Waals surface area contributed by atoms with Crippen molar-refractivity contribution in [1.29, 1.82) is 0 Å². The van der Waals surface area contributed by atoms with Crippen LogP contribution in [0.4, 0.5) is 5.69 Å². The number of halogens is 1. The van der Waals surface area contributed by atoms with E-state index in [1.54, 1.807) is 6.20 Å². The number of hydrogen-bond acceptors (Lipinski definition) is 3. The van der Waals surface area contributed by atoms with Crippen molar-refractivity contribution in [2.24, 2.45) is 5.73 Å². The Morgan fingerprint density at radius 1 is 1.24 bits per heavy atom. The third-order valence-corrected chi connectivity index (χ3v) is 2.76. The zero-order valence-electron chi connectivity index (χ0n) is 9.31. The topological polar surface area (TPSA) is 50.9 Å². The minimum atomic E-state index is 0.0601. The largest absolute Gasteiger partial charge is 0.377 e. The summed E-state index contributed by atoms with van der Waals surface area (Å²) in [5, 5.41) is 4.07. The summed E-state index contributed by atoms with van der Waals surface area (Å²) in [5.74, 6) is 0. The number of rotatable bonds is 4. The van der Waals surface area contributed by atoms with E-state index >= 15 is 0 Å². The van der Waals surface area contributed by atoms with Crippen LogP contribution in [-0.4, -0.2) is 11.5 Å². The van der Waals surface area contributed by atoms with Gasteiger partial charge in [0.05, 0.1) is 6.04 Å². The van der Waals surface area contributed by atoms with Gasteiger partial charge in [-0.1, -0.05) is 17.7 Å². The third-order valence-electron chi connectivity index (χ3n) is 2.51. The summed E-state index contributed by atoms with van der Waals surface area (Å²) in [6, 6.07) is 11.5. The summed E-state index contributed by atoms with van der Waals surface area (Å²) in [7, 11) is 0. The highest BCUT2D eigenvalue weighted by Crippen LogP contribution is 2.19. The van der Waals surface area contributed by atoms with Gasteiger partial charge in [0.15, 0.2) is 0 Å². The SMILES string of the molecule is NCC(Nc1ccc(Cl)cc1)c1cccnc1. The quantitative estimate of drug-likeness (QED) is 0.874. The zero-order valence-corrected chi connectivity index (χ0v) is 10.1. The van der Waals surface area contributed by atoms with Gasteiger partial charge in [-0.2, -0.15) is 0 Å². The smallest absolute Gasteiger partial charge is 0.0651 e. The van der Waals surface area contributed by atoms with Crippen molar-refractivity contribution in [3.63, 3.8) is 0 Å². The Labute approximate surface area is 106 Å². The van der Waals surface area contributed by atoms with Gasteiger partial charge in [0.1, 0.15) is 0 Å². The number of pyridine rings is 1. The fourth-order valence-corrected chi connectivity index (χ4v) is 1.73. The van der Waals surface area contributed by atoms with Crippen LogP contribution in [-0.2, 0) is 0 Å². The third kappa shape index (κ3) is 3.19. The van der Waals surface area contributed by atoms with Crippen LogP contribution in [0.5, 0.6) is 0 Å². The maximum Gasteiger partial charge on any atom is 0.0651 e. The molecule has 0 aliphatic heterocycles. The van der Waals surface area contributed by atoms with E-state index in [2.05, 4.69) is 10.3 Å². The molecule has 0 aliphatic carbocycles. The van der Waals surface area contributed by atoms with Crippen molar-refractivity contribution in [2.75, 3.05) is 11.9 Å². The number of nitrogens with zero attached hydrogens (tertiary/aromatic N) is 1. The van der Waals surface area contributed by atoms with Gasteiger partial charge in [-0.3, -0.25) is 4.98 Å². The van der Waals surface area contributed by atoms with Crippen molar-refractivity contribution in [2.45, 2.75) is 6.04 Å². The Balaban J connectivity index is 2.13. The van der Waals surface area contributed by atoms with Crippen molar-refractivity contribution in [3.05, 3.63) is 59.4 Å². The van der Waals surface area contributed by atoms with E-state index in [-0.39, 0.29) is 6.04 Å². The lowest BCUT2D eigenvalue weighted by Crippen LogP contribution is -2.20. The predicted molar refractivity (Wildman–Crippen MR) is 71.1 cm³/mol. The Morgan fingerprint density at radius 3 is 2.59 bits per heavy atom. The molecule has 17 heavy (non-hydrogen) atoms. The Kier molecular flexibility index (Phi) is 3.96. The number of nitrogens with one attached hydrogen (secondary N) is 1. The van der Waals surface area contributed by atoms with Gasteiger partial charge in [-0.05, 0) is 35.9 Å². The van der Waals surface area contributed by atoms with E-state index in [0.29, 0.717) is 6.54 Å². The highest BCUT2D eigenvalue weighted by Gasteiger charge is 2.08. The van der Waals surface area contributed by atoms with Crippen molar-refractivity contribution in [3.8, 4) is 0 Å². The first-order chi connectivity index (χ1) is 8.29.